The van der Waals surface area contributed by atoms with Gasteiger partial charge in [-0.05, 0) is 119 Å². The van der Waals surface area contributed by atoms with Crippen LogP contribution in [-0.2, 0) is 45.9 Å². The molecular formula is C56H86CaO6S2. The van der Waals surface area contributed by atoms with Crippen LogP contribution in [-0.4, -0.2) is 63.7 Å². The van der Waals surface area contributed by atoms with Gasteiger partial charge in [-0.2, -0.15) is 0 Å². The fourth-order valence-electron chi connectivity index (χ4n) is 9.16. The minimum absolute atomic E-state index is 0. The number of fused-ring (bicyclic) bond motifs is 2. The fraction of sp³-hybridized carbons (Fsp3) is 0.643. The Balaban J connectivity index is 0.000000440. The van der Waals surface area contributed by atoms with Crippen LogP contribution in [0.25, 0.3) is 21.5 Å². The Labute approximate surface area is 427 Å². The second-order valence-corrected chi connectivity index (χ2v) is 21.3. The van der Waals surface area contributed by atoms with Gasteiger partial charge in [-0.3, -0.25) is 0 Å². The Bertz CT molecular complexity index is 1960. The molecule has 4 aromatic rings. The Morgan fingerprint density at radius 1 is 0.323 bits per heavy atom. The number of unbranched alkanes of at least 4 members (excludes halogenated alkanes) is 24. The first-order valence-electron chi connectivity index (χ1n) is 25.9. The molecule has 0 bridgehead atoms. The van der Waals surface area contributed by atoms with Gasteiger partial charge in [0.1, 0.15) is 20.2 Å². The molecule has 0 N–H and O–H groups in total. The Kier molecular flexibility index (Phi) is 31.8. The Morgan fingerprint density at radius 2 is 0.585 bits per heavy atom. The summed E-state index contributed by atoms with van der Waals surface area (Å²) in [6.07, 6.45) is 38.8. The van der Waals surface area contributed by atoms with Crippen LogP contribution in [0.4, 0.5) is 0 Å². The van der Waals surface area contributed by atoms with Crippen LogP contribution in [0.5, 0.6) is 0 Å². The van der Waals surface area contributed by atoms with Gasteiger partial charge in [-0.1, -0.05) is 218 Å². The SMILES string of the molecule is CCCCCCCCCc1ccc2c(CCCCCCCCC)ccc(S(=O)(=O)[O-])c2c1.CCCCCCCCCc1ccc2c(CCCCCCCCC)ccc(S(=O)(=O)[O-])c2c1.[Ca+2]. The molecule has 0 atom stereocenters. The predicted octanol–water partition coefficient (Wildman–Crippen LogP) is 16.3. The Morgan fingerprint density at radius 3 is 0.862 bits per heavy atom. The van der Waals surface area contributed by atoms with Gasteiger partial charge < -0.3 is 9.11 Å². The summed E-state index contributed by atoms with van der Waals surface area (Å²) in [6, 6.07) is 19.0. The molecule has 0 fully saturated rings. The van der Waals surface area contributed by atoms with E-state index in [1.807, 2.05) is 36.4 Å². The molecular weight excluding hydrogens is 873 g/mol. The van der Waals surface area contributed by atoms with Crippen LogP contribution in [0.2, 0.25) is 0 Å². The van der Waals surface area contributed by atoms with Crippen molar-refractivity contribution in [2.24, 2.45) is 0 Å². The first kappa shape index (κ1) is 59.6. The van der Waals surface area contributed by atoms with Gasteiger partial charge in [0.25, 0.3) is 0 Å². The van der Waals surface area contributed by atoms with E-state index in [0.717, 1.165) is 84.4 Å². The van der Waals surface area contributed by atoms with Gasteiger partial charge in [0, 0.05) is 0 Å². The molecule has 0 aliphatic heterocycles. The molecule has 0 radical (unpaired) electrons. The smallest absolute Gasteiger partial charge is 0.744 e. The molecule has 0 saturated carbocycles. The summed E-state index contributed by atoms with van der Waals surface area (Å²) in [5, 5.41) is 3.08. The molecule has 0 spiro atoms. The van der Waals surface area contributed by atoms with Gasteiger partial charge in [0.15, 0.2) is 0 Å². The van der Waals surface area contributed by atoms with Crippen molar-refractivity contribution in [3.05, 3.63) is 82.9 Å². The van der Waals surface area contributed by atoms with E-state index in [1.54, 1.807) is 0 Å². The van der Waals surface area contributed by atoms with Crippen molar-refractivity contribution in [3.8, 4) is 0 Å². The fourth-order valence-corrected chi connectivity index (χ4v) is 10.5. The quantitative estimate of drug-likeness (QED) is 0.0262. The second kappa shape index (κ2) is 34.7. The molecule has 0 amide bonds. The average Bonchev–Trinajstić information content (AvgIpc) is 3.27. The molecule has 0 unspecified atom stereocenters. The topological polar surface area (TPSA) is 114 Å². The van der Waals surface area contributed by atoms with Crippen molar-refractivity contribution in [1.29, 1.82) is 0 Å². The van der Waals surface area contributed by atoms with Crippen LogP contribution in [0.1, 0.15) is 230 Å². The van der Waals surface area contributed by atoms with E-state index in [2.05, 4.69) is 39.8 Å². The summed E-state index contributed by atoms with van der Waals surface area (Å²) < 4.78 is 71.3. The molecule has 65 heavy (non-hydrogen) atoms. The second-order valence-electron chi connectivity index (χ2n) is 18.6. The van der Waals surface area contributed by atoms with Crippen LogP contribution < -0.4 is 0 Å². The van der Waals surface area contributed by atoms with E-state index in [0.29, 0.717) is 10.8 Å². The zero-order valence-electron chi connectivity index (χ0n) is 41.4. The van der Waals surface area contributed by atoms with Crippen LogP contribution in [0, 0.1) is 0 Å². The van der Waals surface area contributed by atoms with Crippen molar-refractivity contribution in [1.82, 2.24) is 0 Å². The zero-order valence-corrected chi connectivity index (χ0v) is 45.2. The van der Waals surface area contributed by atoms with Crippen molar-refractivity contribution in [3.63, 3.8) is 0 Å². The third-order valence-corrected chi connectivity index (χ3v) is 14.8. The molecule has 9 heteroatoms. The normalized spacial score (nSPS) is 11.8. The minimum atomic E-state index is -4.49. The molecule has 0 saturated heterocycles. The molecule has 4 rings (SSSR count). The third kappa shape index (κ3) is 23.6. The van der Waals surface area contributed by atoms with E-state index in [-0.39, 0.29) is 47.5 Å². The van der Waals surface area contributed by atoms with Crippen molar-refractivity contribution in [2.75, 3.05) is 0 Å². The summed E-state index contributed by atoms with van der Waals surface area (Å²) in [5.41, 5.74) is 4.57. The van der Waals surface area contributed by atoms with E-state index < -0.39 is 20.2 Å². The largest absolute Gasteiger partial charge is 2.00 e. The summed E-state index contributed by atoms with van der Waals surface area (Å²) in [4.78, 5) is -0.144. The molecule has 0 aliphatic rings. The molecule has 4 aromatic carbocycles. The van der Waals surface area contributed by atoms with Crippen LogP contribution in [0.3, 0.4) is 0 Å². The number of aryl methyl sites for hydroxylation is 4. The molecule has 360 valence electrons. The number of benzene rings is 4. The minimum Gasteiger partial charge on any atom is -0.744 e. The van der Waals surface area contributed by atoms with Gasteiger partial charge >= 0.3 is 37.7 Å². The van der Waals surface area contributed by atoms with Gasteiger partial charge in [-0.15, -0.1) is 0 Å². The Hall–Kier alpha value is -1.52. The summed E-state index contributed by atoms with van der Waals surface area (Å²) in [7, 11) is -8.98. The van der Waals surface area contributed by atoms with Gasteiger partial charge in [0.2, 0.25) is 0 Å². The molecule has 0 aromatic heterocycles. The molecule has 6 nitrogen and oxygen atoms in total. The number of hydrogen-bond acceptors (Lipinski definition) is 6. The molecule has 0 aliphatic carbocycles. The maximum atomic E-state index is 11.9. The summed E-state index contributed by atoms with van der Waals surface area (Å²) in [6.45, 7) is 8.93. The monoisotopic (exact) mass is 959 g/mol. The summed E-state index contributed by atoms with van der Waals surface area (Å²) >= 11 is 0. The van der Waals surface area contributed by atoms with E-state index in [9.17, 15) is 25.9 Å². The maximum absolute atomic E-state index is 11.9. The first-order valence-corrected chi connectivity index (χ1v) is 28.8. The van der Waals surface area contributed by atoms with E-state index in [1.165, 1.54) is 166 Å². The number of hydrogen-bond donors (Lipinski definition) is 0. The predicted molar refractivity (Wildman–Crippen MR) is 276 cm³/mol. The summed E-state index contributed by atoms with van der Waals surface area (Å²) in [5.74, 6) is 0. The first-order chi connectivity index (χ1) is 30.9. The zero-order chi connectivity index (χ0) is 46.5. The van der Waals surface area contributed by atoms with Crippen molar-refractivity contribution in [2.45, 2.75) is 243 Å². The van der Waals surface area contributed by atoms with Crippen molar-refractivity contribution >= 4 is 79.5 Å². The van der Waals surface area contributed by atoms with Gasteiger partial charge in [0.05, 0.1) is 9.79 Å². The standard InChI is InChI=1S/2C28H44O3S.Ca/c2*1-3-5-7-9-11-13-15-17-24-19-21-26-25(18-16-14-12-10-8-6-4-2)20-22-28(27(26)23-24)32(29,30)31;/h2*19-23H,3-18H2,1-2H3,(H,29,30,31);/q;;+2/p-2. The van der Waals surface area contributed by atoms with Gasteiger partial charge in [-0.25, -0.2) is 16.8 Å². The van der Waals surface area contributed by atoms with Crippen LogP contribution in [0.15, 0.2) is 70.5 Å². The third-order valence-electron chi connectivity index (χ3n) is 13.0. The van der Waals surface area contributed by atoms with Crippen LogP contribution >= 0.6 is 0 Å². The molecule has 0 heterocycles. The average molecular weight is 960 g/mol. The number of rotatable bonds is 34. The van der Waals surface area contributed by atoms with Crippen molar-refractivity contribution < 1.29 is 25.9 Å². The maximum Gasteiger partial charge on any atom is 2.00 e. The van der Waals surface area contributed by atoms with E-state index in [4.69, 9.17) is 0 Å². The van der Waals surface area contributed by atoms with E-state index >= 15 is 0 Å².